The smallest absolute Gasteiger partial charge is 0.246 e. The zero-order chi connectivity index (χ0) is 23.3. The second-order valence-corrected chi connectivity index (χ2v) is 9.71. The zero-order valence-corrected chi connectivity index (χ0v) is 19.8. The van der Waals surface area contributed by atoms with Gasteiger partial charge in [0.05, 0.1) is 29.1 Å². The lowest BCUT2D eigenvalue weighted by Gasteiger charge is -2.28. The van der Waals surface area contributed by atoms with Crippen molar-refractivity contribution in [1.82, 2.24) is 39.4 Å². The predicted molar refractivity (Wildman–Crippen MR) is 129 cm³/mol. The van der Waals surface area contributed by atoms with Crippen molar-refractivity contribution in [3.8, 4) is 17.3 Å². The Labute approximate surface area is 198 Å². The number of nitrogens with zero attached hydrogens (tertiary/aromatic N) is 8. The highest BCUT2D eigenvalue weighted by atomic mass is 16.5. The molecule has 0 spiro atoms. The van der Waals surface area contributed by atoms with E-state index in [0.29, 0.717) is 23.4 Å². The molecule has 10 nitrogen and oxygen atoms in total. The second-order valence-electron chi connectivity index (χ2n) is 9.71. The second kappa shape index (κ2) is 8.05. The van der Waals surface area contributed by atoms with Crippen LogP contribution >= 0.6 is 0 Å². The van der Waals surface area contributed by atoms with Crippen LogP contribution in [-0.4, -0.2) is 65.2 Å². The van der Waals surface area contributed by atoms with E-state index in [1.54, 1.807) is 4.68 Å². The SMILES string of the molecule is CN1CCC(n2cc(Nc3nc(OC4(C)CC4)c4nc(-c5ccn(C)n5)ccc4n3)cn2)CC1. The van der Waals surface area contributed by atoms with Gasteiger partial charge in [0.15, 0.2) is 5.52 Å². The summed E-state index contributed by atoms with van der Waals surface area (Å²) in [5.41, 5.74) is 3.60. The van der Waals surface area contributed by atoms with Gasteiger partial charge in [0.2, 0.25) is 11.8 Å². The minimum absolute atomic E-state index is 0.194. The molecule has 1 aliphatic heterocycles. The molecule has 2 fully saturated rings. The van der Waals surface area contributed by atoms with E-state index < -0.39 is 0 Å². The lowest BCUT2D eigenvalue weighted by Crippen LogP contribution is -2.31. The van der Waals surface area contributed by atoms with Gasteiger partial charge >= 0.3 is 0 Å². The number of aromatic nitrogens is 7. The molecule has 1 saturated carbocycles. The van der Waals surface area contributed by atoms with Crippen molar-refractivity contribution in [1.29, 1.82) is 0 Å². The average molecular weight is 460 g/mol. The van der Waals surface area contributed by atoms with Crippen LogP contribution < -0.4 is 10.1 Å². The van der Waals surface area contributed by atoms with Gasteiger partial charge in [0.1, 0.15) is 11.3 Å². The first kappa shape index (κ1) is 21.0. The first-order chi connectivity index (χ1) is 16.4. The molecule has 0 bridgehead atoms. The number of nitrogens with one attached hydrogen (secondary N) is 1. The molecule has 0 amide bonds. The Morgan fingerprint density at radius 3 is 2.59 bits per heavy atom. The summed E-state index contributed by atoms with van der Waals surface area (Å²) in [4.78, 5) is 16.6. The normalized spacial score (nSPS) is 18.3. The molecule has 6 rings (SSSR count). The van der Waals surface area contributed by atoms with Gasteiger partial charge < -0.3 is 15.0 Å². The molecule has 34 heavy (non-hydrogen) atoms. The van der Waals surface area contributed by atoms with Crippen LogP contribution in [0.15, 0.2) is 36.8 Å². The fourth-order valence-corrected chi connectivity index (χ4v) is 4.31. The molecule has 0 radical (unpaired) electrons. The first-order valence-electron chi connectivity index (χ1n) is 11.8. The van der Waals surface area contributed by atoms with Gasteiger partial charge in [-0.15, -0.1) is 0 Å². The van der Waals surface area contributed by atoms with Gasteiger partial charge in [-0.05, 0) is 70.9 Å². The van der Waals surface area contributed by atoms with E-state index in [4.69, 9.17) is 19.7 Å². The summed E-state index contributed by atoms with van der Waals surface area (Å²) in [7, 11) is 4.06. The van der Waals surface area contributed by atoms with Crippen molar-refractivity contribution in [2.24, 2.45) is 7.05 Å². The van der Waals surface area contributed by atoms with Crippen molar-refractivity contribution in [2.75, 3.05) is 25.5 Å². The molecule has 0 atom stereocenters. The molecule has 4 aromatic rings. The van der Waals surface area contributed by atoms with Crippen LogP contribution in [0, 0.1) is 0 Å². The number of hydrogen-bond acceptors (Lipinski definition) is 8. The third-order valence-corrected chi connectivity index (χ3v) is 6.70. The molecule has 1 aliphatic carbocycles. The monoisotopic (exact) mass is 459 g/mol. The molecule has 4 aromatic heterocycles. The number of anilines is 2. The summed E-state index contributed by atoms with van der Waals surface area (Å²) in [6.45, 7) is 4.28. The highest BCUT2D eigenvalue weighted by Crippen LogP contribution is 2.41. The van der Waals surface area contributed by atoms with E-state index in [2.05, 4.69) is 39.1 Å². The number of pyridine rings is 1. The standard InChI is InChI=1S/C24H29N9O/c1-24(9-10-24)34-22-21-20(5-4-18(27-21)19-8-13-32(3)30-19)28-23(29-22)26-16-14-25-33(15-16)17-6-11-31(2)12-7-17/h4-5,8,13-15,17H,6-7,9-12H2,1-3H3,(H,26,28,29). The molecular weight excluding hydrogens is 430 g/mol. The third kappa shape index (κ3) is 4.21. The van der Waals surface area contributed by atoms with Gasteiger partial charge in [-0.25, -0.2) is 9.97 Å². The van der Waals surface area contributed by atoms with Crippen LogP contribution in [0.2, 0.25) is 0 Å². The number of rotatable bonds is 6. The van der Waals surface area contributed by atoms with Gasteiger partial charge in [-0.3, -0.25) is 9.36 Å². The molecule has 176 valence electrons. The maximum absolute atomic E-state index is 6.31. The number of piperidine rings is 1. The van der Waals surface area contributed by atoms with E-state index in [1.165, 1.54) is 0 Å². The Hall–Kier alpha value is -3.53. The highest BCUT2D eigenvalue weighted by molar-refractivity contribution is 5.83. The minimum atomic E-state index is -0.194. The quantitative estimate of drug-likeness (QED) is 0.467. The molecule has 1 N–H and O–H groups in total. The maximum Gasteiger partial charge on any atom is 0.246 e. The van der Waals surface area contributed by atoms with E-state index in [9.17, 15) is 0 Å². The summed E-state index contributed by atoms with van der Waals surface area (Å²) in [6, 6.07) is 6.24. The van der Waals surface area contributed by atoms with E-state index in [1.807, 2.05) is 43.8 Å². The van der Waals surface area contributed by atoms with Gasteiger partial charge in [-0.2, -0.15) is 15.2 Å². The summed E-state index contributed by atoms with van der Waals surface area (Å²) >= 11 is 0. The number of likely N-dealkylation sites (tertiary alicyclic amines) is 1. The summed E-state index contributed by atoms with van der Waals surface area (Å²) in [6.07, 6.45) is 9.98. The van der Waals surface area contributed by atoms with Crippen molar-refractivity contribution >= 4 is 22.7 Å². The van der Waals surface area contributed by atoms with Crippen molar-refractivity contribution < 1.29 is 4.74 Å². The molecule has 5 heterocycles. The van der Waals surface area contributed by atoms with Crippen LogP contribution in [0.3, 0.4) is 0 Å². The summed E-state index contributed by atoms with van der Waals surface area (Å²) in [5.74, 6) is 0.968. The Morgan fingerprint density at radius 1 is 1.03 bits per heavy atom. The minimum Gasteiger partial charge on any atom is -0.470 e. The van der Waals surface area contributed by atoms with Crippen LogP contribution in [0.5, 0.6) is 5.88 Å². The highest BCUT2D eigenvalue weighted by Gasteiger charge is 2.41. The number of ether oxygens (including phenoxy) is 1. The van der Waals surface area contributed by atoms with E-state index >= 15 is 0 Å². The van der Waals surface area contributed by atoms with Crippen molar-refractivity contribution in [2.45, 2.75) is 44.2 Å². The van der Waals surface area contributed by atoms with E-state index in [-0.39, 0.29) is 5.60 Å². The van der Waals surface area contributed by atoms with Crippen LogP contribution in [0.25, 0.3) is 22.4 Å². The van der Waals surface area contributed by atoms with Crippen molar-refractivity contribution in [3.05, 3.63) is 36.8 Å². The average Bonchev–Trinajstić information content (AvgIpc) is 3.18. The van der Waals surface area contributed by atoms with Crippen LogP contribution in [-0.2, 0) is 7.05 Å². The Bertz CT molecular complexity index is 1330. The predicted octanol–water partition coefficient (Wildman–Crippen LogP) is 3.56. The zero-order valence-electron chi connectivity index (χ0n) is 19.8. The van der Waals surface area contributed by atoms with Crippen LogP contribution in [0.4, 0.5) is 11.6 Å². The largest absolute Gasteiger partial charge is 0.470 e. The fourth-order valence-electron chi connectivity index (χ4n) is 4.31. The maximum atomic E-state index is 6.31. The Kier molecular flexibility index (Phi) is 4.98. The fraction of sp³-hybridized carbons (Fsp3) is 0.458. The summed E-state index contributed by atoms with van der Waals surface area (Å²) < 4.78 is 10.1. The molecule has 2 aliphatic rings. The third-order valence-electron chi connectivity index (χ3n) is 6.70. The number of hydrogen-bond donors (Lipinski definition) is 1. The van der Waals surface area contributed by atoms with Crippen LogP contribution in [0.1, 0.15) is 38.6 Å². The molecular formula is C24H29N9O. The lowest BCUT2D eigenvalue weighted by molar-refractivity contribution is 0.194. The van der Waals surface area contributed by atoms with E-state index in [0.717, 1.165) is 61.4 Å². The molecule has 1 saturated heterocycles. The summed E-state index contributed by atoms with van der Waals surface area (Å²) in [5, 5.41) is 12.4. The van der Waals surface area contributed by atoms with Gasteiger partial charge in [0.25, 0.3) is 0 Å². The lowest BCUT2D eigenvalue weighted by atomic mass is 10.1. The molecule has 10 heteroatoms. The topological polar surface area (TPSA) is 98.8 Å². The van der Waals surface area contributed by atoms with Crippen molar-refractivity contribution in [3.63, 3.8) is 0 Å². The molecule has 0 unspecified atom stereocenters. The molecule has 0 aromatic carbocycles. The Morgan fingerprint density at radius 2 is 1.85 bits per heavy atom. The van der Waals surface area contributed by atoms with Gasteiger partial charge in [-0.1, -0.05) is 0 Å². The number of aryl methyl sites for hydroxylation is 1. The number of fused-ring (bicyclic) bond motifs is 1. The van der Waals surface area contributed by atoms with Gasteiger partial charge in [0, 0.05) is 19.4 Å². The first-order valence-corrected chi connectivity index (χ1v) is 11.8. The Balaban J connectivity index is 1.31.